The lowest BCUT2D eigenvalue weighted by atomic mass is 10.0. The van der Waals surface area contributed by atoms with Crippen LogP contribution in [0.3, 0.4) is 0 Å². The van der Waals surface area contributed by atoms with E-state index in [1.165, 1.54) is 4.90 Å². The molecule has 2 rings (SSSR count). The van der Waals surface area contributed by atoms with Gasteiger partial charge in [-0.2, -0.15) is 0 Å². The number of carboxylic acid groups (broad SMARTS) is 1. The van der Waals surface area contributed by atoms with Gasteiger partial charge in [-0.1, -0.05) is 17.7 Å². The van der Waals surface area contributed by atoms with E-state index in [0.29, 0.717) is 23.7 Å². The van der Waals surface area contributed by atoms with E-state index in [2.05, 4.69) is 5.32 Å². The van der Waals surface area contributed by atoms with Crippen LogP contribution in [0.15, 0.2) is 18.2 Å². The van der Waals surface area contributed by atoms with Crippen molar-refractivity contribution < 1.29 is 14.7 Å². The molecular formula is C14H17ClN2O3. The van der Waals surface area contributed by atoms with Crippen molar-refractivity contribution in [3.05, 3.63) is 28.8 Å². The van der Waals surface area contributed by atoms with E-state index in [1.807, 2.05) is 6.92 Å². The largest absolute Gasteiger partial charge is 0.480 e. The molecule has 2 N–H and O–H groups in total. The highest BCUT2D eigenvalue weighted by Gasteiger charge is 2.32. The van der Waals surface area contributed by atoms with Crippen LogP contribution in [0.5, 0.6) is 0 Å². The van der Waals surface area contributed by atoms with Crippen molar-refractivity contribution in [2.45, 2.75) is 32.2 Å². The predicted octanol–water partition coefficient (Wildman–Crippen LogP) is 3.12. The van der Waals surface area contributed by atoms with Gasteiger partial charge in [0.2, 0.25) is 0 Å². The molecule has 1 saturated heterocycles. The molecule has 1 unspecified atom stereocenters. The molecule has 0 bridgehead atoms. The quantitative estimate of drug-likeness (QED) is 0.881. The molecule has 2 amide bonds. The molecule has 1 aliphatic heterocycles. The second kappa shape index (κ2) is 6.13. The second-order valence-electron chi connectivity index (χ2n) is 4.89. The van der Waals surface area contributed by atoms with Gasteiger partial charge in [-0.3, -0.25) is 0 Å². The number of amides is 2. The number of aliphatic carboxylic acids is 1. The predicted molar refractivity (Wildman–Crippen MR) is 77.2 cm³/mol. The number of nitrogens with one attached hydrogen (secondary N) is 1. The molecule has 0 aliphatic carbocycles. The minimum absolute atomic E-state index is 0.387. The Morgan fingerprint density at radius 3 is 2.85 bits per heavy atom. The van der Waals surface area contributed by atoms with Crippen molar-refractivity contribution in [3.63, 3.8) is 0 Å². The molecule has 1 aromatic carbocycles. The third-order valence-corrected chi connectivity index (χ3v) is 3.97. The van der Waals surface area contributed by atoms with Crippen LogP contribution in [0.2, 0.25) is 5.02 Å². The van der Waals surface area contributed by atoms with Crippen LogP contribution in [0, 0.1) is 6.92 Å². The third kappa shape index (κ3) is 3.04. The van der Waals surface area contributed by atoms with E-state index in [1.54, 1.807) is 18.2 Å². The van der Waals surface area contributed by atoms with Crippen molar-refractivity contribution in [1.29, 1.82) is 0 Å². The number of carboxylic acids is 1. The molecule has 1 aliphatic rings. The fraction of sp³-hybridized carbons (Fsp3) is 0.429. The fourth-order valence-corrected chi connectivity index (χ4v) is 2.54. The van der Waals surface area contributed by atoms with Crippen molar-refractivity contribution in [3.8, 4) is 0 Å². The van der Waals surface area contributed by atoms with Crippen LogP contribution in [-0.2, 0) is 4.79 Å². The Labute approximate surface area is 122 Å². The number of likely N-dealkylation sites (tertiary alicyclic amines) is 1. The highest BCUT2D eigenvalue weighted by atomic mass is 35.5. The second-order valence-corrected chi connectivity index (χ2v) is 5.29. The molecule has 1 fully saturated rings. The summed E-state index contributed by atoms with van der Waals surface area (Å²) < 4.78 is 0. The highest BCUT2D eigenvalue weighted by molar-refractivity contribution is 6.31. The van der Waals surface area contributed by atoms with Crippen LogP contribution in [0.1, 0.15) is 24.8 Å². The molecule has 0 saturated carbocycles. The van der Waals surface area contributed by atoms with Gasteiger partial charge in [0, 0.05) is 17.3 Å². The van der Waals surface area contributed by atoms with Gasteiger partial charge in [0.05, 0.1) is 0 Å². The first-order chi connectivity index (χ1) is 9.50. The summed E-state index contributed by atoms with van der Waals surface area (Å²) in [7, 11) is 0. The molecule has 1 atom stereocenters. The number of rotatable bonds is 2. The lowest BCUT2D eigenvalue weighted by Gasteiger charge is -2.33. The highest BCUT2D eigenvalue weighted by Crippen LogP contribution is 2.24. The SMILES string of the molecule is Cc1c(Cl)cccc1NC(=O)N1CCCCC1C(=O)O. The van der Waals surface area contributed by atoms with E-state index >= 15 is 0 Å². The Hall–Kier alpha value is -1.75. The van der Waals surface area contributed by atoms with Crippen molar-refractivity contribution in [1.82, 2.24) is 4.90 Å². The smallest absolute Gasteiger partial charge is 0.326 e. The fourth-order valence-electron chi connectivity index (χ4n) is 2.36. The zero-order valence-corrected chi connectivity index (χ0v) is 12.0. The van der Waals surface area contributed by atoms with E-state index in [9.17, 15) is 14.7 Å². The average molecular weight is 297 g/mol. The molecule has 1 heterocycles. The molecule has 5 nitrogen and oxygen atoms in total. The van der Waals surface area contributed by atoms with Crippen molar-refractivity contribution >= 4 is 29.3 Å². The summed E-state index contributed by atoms with van der Waals surface area (Å²) in [5, 5.41) is 12.5. The topological polar surface area (TPSA) is 69.6 Å². The molecule has 20 heavy (non-hydrogen) atoms. The van der Waals surface area contributed by atoms with E-state index in [0.717, 1.165) is 18.4 Å². The normalized spacial score (nSPS) is 18.7. The van der Waals surface area contributed by atoms with Gasteiger partial charge in [-0.05, 0) is 43.9 Å². The summed E-state index contributed by atoms with van der Waals surface area (Å²) in [6, 6.07) is 4.10. The lowest BCUT2D eigenvalue weighted by molar-refractivity contribution is -0.143. The zero-order valence-electron chi connectivity index (χ0n) is 11.2. The van der Waals surface area contributed by atoms with Gasteiger partial charge >= 0.3 is 12.0 Å². The summed E-state index contributed by atoms with van der Waals surface area (Å²) in [4.78, 5) is 24.8. The summed E-state index contributed by atoms with van der Waals surface area (Å²) in [6.07, 6.45) is 2.15. The van der Waals surface area contributed by atoms with Crippen molar-refractivity contribution in [2.75, 3.05) is 11.9 Å². The molecule has 6 heteroatoms. The number of carbonyl (C=O) groups excluding carboxylic acids is 1. The Bertz CT molecular complexity index is 533. The number of piperidine rings is 1. The Kier molecular flexibility index (Phi) is 4.49. The third-order valence-electron chi connectivity index (χ3n) is 3.56. The van der Waals surface area contributed by atoms with Gasteiger partial charge < -0.3 is 15.3 Å². The molecule has 1 aromatic rings. The first kappa shape index (κ1) is 14.7. The average Bonchev–Trinajstić information content (AvgIpc) is 2.43. The minimum Gasteiger partial charge on any atom is -0.480 e. The number of urea groups is 1. The van der Waals surface area contributed by atoms with Crippen LogP contribution in [0.4, 0.5) is 10.5 Å². The molecule has 0 spiro atoms. The van der Waals surface area contributed by atoms with Crippen LogP contribution >= 0.6 is 11.6 Å². The molecule has 0 aromatic heterocycles. The maximum absolute atomic E-state index is 12.3. The summed E-state index contributed by atoms with van der Waals surface area (Å²) in [5.74, 6) is -0.956. The van der Waals surface area contributed by atoms with Crippen LogP contribution < -0.4 is 5.32 Å². The number of halogens is 1. The summed E-state index contributed by atoms with van der Waals surface area (Å²) >= 11 is 6.00. The molecule has 108 valence electrons. The van der Waals surface area contributed by atoms with Gasteiger partial charge in [0.15, 0.2) is 0 Å². The Balaban J connectivity index is 2.14. The minimum atomic E-state index is -0.956. The molecule has 0 radical (unpaired) electrons. The van der Waals surface area contributed by atoms with E-state index in [4.69, 9.17) is 11.6 Å². The van der Waals surface area contributed by atoms with Crippen LogP contribution in [0.25, 0.3) is 0 Å². The Morgan fingerprint density at radius 2 is 2.15 bits per heavy atom. The number of hydrogen-bond donors (Lipinski definition) is 2. The number of anilines is 1. The van der Waals surface area contributed by atoms with Gasteiger partial charge in [0.1, 0.15) is 6.04 Å². The van der Waals surface area contributed by atoms with Gasteiger partial charge in [-0.15, -0.1) is 0 Å². The monoisotopic (exact) mass is 296 g/mol. The number of nitrogens with zero attached hydrogens (tertiary/aromatic N) is 1. The van der Waals surface area contributed by atoms with Crippen LogP contribution in [-0.4, -0.2) is 34.6 Å². The number of hydrogen-bond acceptors (Lipinski definition) is 2. The maximum atomic E-state index is 12.3. The maximum Gasteiger partial charge on any atom is 0.326 e. The number of carbonyl (C=O) groups is 2. The lowest BCUT2D eigenvalue weighted by Crippen LogP contribution is -2.49. The standard InChI is InChI=1S/C14H17ClN2O3/c1-9-10(15)5-4-6-11(9)16-14(20)17-8-3-2-7-12(17)13(18)19/h4-6,12H,2-3,7-8H2,1H3,(H,16,20)(H,18,19). The first-order valence-corrected chi connectivity index (χ1v) is 6.94. The summed E-state index contributed by atoms with van der Waals surface area (Å²) in [5.41, 5.74) is 1.38. The van der Waals surface area contributed by atoms with Gasteiger partial charge in [0.25, 0.3) is 0 Å². The molecular weight excluding hydrogens is 280 g/mol. The summed E-state index contributed by atoms with van der Waals surface area (Å²) in [6.45, 7) is 2.27. The van der Waals surface area contributed by atoms with Crippen molar-refractivity contribution in [2.24, 2.45) is 0 Å². The first-order valence-electron chi connectivity index (χ1n) is 6.56. The Morgan fingerprint density at radius 1 is 1.40 bits per heavy atom. The number of benzene rings is 1. The van der Waals surface area contributed by atoms with E-state index in [-0.39, 0.29) is 6.03 Å². The van der Waals surface area contributed by atoms with Gasteiger partial charge in [-0.25, -0.2) is 9.59 Å². The van der Waals surface area contributed by atoms with E-state index < -0.39 is 12.0 Å². The zero-order chi connectivity index (χ0) is 14.7.